The molecular weight excluding hydrogens is 267 g/mol. The number of hydrogen-bond donors (Lipinski definition) is 1. The molecule has 0 bridgehead atoms. The van der Waals surface area contributed by atoms with Crippen LogP contribution in [0.2, 0.25) is 0 Å². The quantitative estimate of drug-likeness (QED) is 0.679. The predicted octanol–water partition coefficient (Wildman–Crippen LogP) is 2.03. The van der Waals surface area contributed by atoms with Crippen LogP contribution in [0.5, 0.6) is 0 Å². The van der Waals surface area contributed by atoms with E-state index in [1.165, 1.54) is 6.07 Å². The maximum Gasteiger partial charge on any atom is 0.304 e. The van der Waals surface area contributed by atoms with Crippen LogP contribution in [0.25, 0.3) is 0 Å². The first kappa shape index (κ1) is 14.4. The van der Waals surface area contributed by atoms with E-state index in [0.717, 1.165) is 12.1 Å². The highest BCUT2D eigenvalue weighted by atomic mass is 19.1. The number of benzene rings is 1. The molecular formula is C13H15FN2O4. The van der Waals surface area contributed by atoms with Gasteiger partial charge < -0.3 is 10.1 Å². The van der Waals surface area contributed by atoms with E-state index in [4.69, 9.17) is 4.74 Å². The number of nitrogens with one attached hydrogen (secondary N) is 1. The van der Waals surface area contributed by atoms with Gasteiger partial charge in [-0.05, 0) is 31.9 Å². The van der Waals surface area contributed by atoms with Crippen LogP contribution in [0.15, 0.2) is 18.2 Å². The zero-order valence-electron chi connectivity index (χ0n) is 11.0. The Labute approximate surface area is 115 Å². The highest BCUT2D eigenvalue weighted by Crippen LogP contribution is 2.19. The van der Waals surface area contributed by atoms with Gasteiger partial charge in [-0.1, -0.05) is 0 Å². The molecule has 1 aliphatic rings. The number of nitrogens with zero attached hydrogens (tertiary/aromatic N) is 1. The first-order valence-corrected chi connectivity index (χ1v) is 6.34. The second-order valence-electron chi connectivity index (χ2n) is 4.80. The predicted molar refractivity (Wildman–Crippen MR) is 69.0 cm³/mol. The Morgan fingerprint density at radius 3 is 2.90 bits per heavy atom. The zero-order valence-corrected chi connectivity index (χ0v) is 11.0. The Balaban J connectivity index is 2.05. The van der Waals surface area contributed by atoms with Crippen LogP contribution in [0.1, 0.15) is 30.1 Å². The minimum atomic E-state index is -1.01. The van der Waals surface area contributed by atoms with Gasteiger partial charge in [0.1, 0.15) is 0 Å². The summed E-state index contributed by atoms with van der Waals surface area (Å²) < 4.78 is 18.8. The standard InChI is InChI=1S/C13H15FN2O4/c1-8-6-10(4-5-20-8)15-13(17)9-2-3-12(16(18)19)11(14)7-9/h2-3,7-8,10H,4-6H2,1H3,(H,15,17). The van der Waals surface area contributed by atoms with Gasteiger partial charge in [0.15, 0.2) is 0 Å². The minimum Gasteiger partial charge on any atom is -0.378 e. The van der Waals surface area contributed by atoms with Gasteiger partial charge in [-0.3, -0.25) is 14.9 Å². The van der Waals surface area contributed by atoms with Gasteiger partial charge in [-0.2, -0.15) is 4.39 Å². The van der Waals surface area contributed by atoms with Gasteiger partial charge in [-0.25, -0.2) is 0 Å². The molecule has 1 fully saturated rings. The Morgan fingerprint density at radius 2 is 2.30 bits per heavy atom. The van der Waals surface area contributed by atoms with E-state index in [2.05, 4.69) is 5.32 Å². The number of ether oxygens (including phenoxy) is 1. The molecule has 1 N–H and O–H groups in total. The molecule has 0 radical (unpaired) electrons. The van der Waals surface area contributed by atoms with Crippen molar-refractivity contribution in [3.63, 3.8) is 0 Å². The number of nitro benzene ring substituents is 1. The molecule has 1 heterocycles. The molecule has 1 saturated heterocycles. The van der Waals surface area contributed by atoms with Crippen molar-refractivity contribution in [1.82, 2.24) is 5.32 Å². The molecule has 2 rings (SSSR count). The van der Waals surface area contributed by atoms with Crippen molar-refractivity contribution in [1.29, 1.82) is 0 Å². The third kappa shape index (κ3) is 3.30. The molecule has 0 aromatic heterocycles. The van der Waals surface area contributed by atoms with Gasteiger partial charge in [0, 0.05) is 24.3 Å². The van der Waals surface area contributed by atoms with E-state index in [1.807, 2.05) is 6.92 Å². The average molecular weight is 282 g/mol. The van der Waals surface area contributed by atoms with Crippen LogP contribution in [-0.2, 0) is 4.74 Å². The summed E-state index contributed by atoms with van der Waals surface area (Å²) >= 11 is 0. The monoisotopic (exact) mass is 282 g/mol. The summed E-state index contributed by atoms with van der Waals surface area (Å²) in [6.07, 6.45) is 1.47. The molecule has 20 heavy (non-hydrogen) atoms. The highest BCUT2D eigenvalue weighted by Gasteiger charge is 2.22. The van der Waals surface area contributed by atoms with Crippen molar-refractivity contribution >= 4 is 11.6 Å². The number of rotatable bonds is 3. The maximum absolute atomic E-state index is 13.5. The fraction of sp³-hybridized carbons (Fsp3) is 0.462. The van der Waals surface area contributed by atoms with Gasteiger partial charge in [-0.15, -0.1) is 0 Å². The molecule has 1 aromatic rings. The Morgan fingerprint density at radius 1 is 1.55 bits per heavy atom. The van der Waals surface area contributed by atoms with Crippen LogP contribution < -0.4 is 5.32 Å². The second kappa shape index (κ2) is 5.96. The maximum atomic E-state index is 13.5. The van der Waals surface area contributed by atoms with Gasteiger partial charge in [0.2, 0.25) is 5.82 Å². The highest BCUT2D eigenvalue weighted by molar-refractivity contribution is 5.94. The van der Waals surface area contributed by atoms with E-state index in [9.17, 15) is 19.3 Å². The first-order chi connectivity index (χ1) is 9.47. The molecule has 2 atom stereocenters. The Bertz CT molecular complexity index is 535. The largest absolute Gasteiger partial charge is 0.378 e. The smallest absolute Gasteiger partial charge is 0.304 e. The van der Waals surface area contributed by atoms with Crippen molar-refractivity contribution < 1.29 is 18.8 Å². The first-order valence-electron chi connectivity index (χ1n) is 6.34. The molecule has 108 valence electrons. The summed E-state index contributed by atoms with van der Waals surface area (Å²) in [6.45, 7) is 2.49. The molecule has 0 aliphatic carbocycles. The van der Waals surface area contributed by atoms with Crippen molar-refractivity contribution in [3.05, 3.63) is 39.7 Å². The van der Waals surface area contributed by atoms with Gasteiger partial charge >= 0.3 is 5.69 Å². The minimum absolute atomic E-state index is 0.0236. The van der Waals surface area contributed by atoms with Crippen LogP contribution in [-0.4, -0.2) is 29.6 Å². The zero-order chi connectivity index (χ0) is 14.7. The van der Waals surface area contributed by atoms with Crippen molar-refractivity contribution in [3.8, 4) is 0 Å². The van der Waals surface area contributed by atoms with E-state index < -0.39 is 22.3 Å². The third-order valence-corrected chi connectivity index (χ3v) is 3.23. The lowest BCUT2D eigenvalue weighted by Gasteiger charge is -2.27. The molecule has 0 saturated carbocycles. The topological polar surface area (TPSA) is 81.5 Å². The molecule has 6 nitrogen and oxygen atoms in total. The lowest BCUT2D eigenvalue weighted by molar-refractivity contribution is -0.387. The lowest BCUT2D eigenvalue weighted by atomic mass is 10.0. The Kier molecular flexibility index (Phi) is 4.29. The van der Waals surface area contributed by atoms with E-state index >= 15 is 0 Å². The van der Waals surface area contributed by atoms with Crippen molar-refractivity contribution in [2.75, 3.05) is 6.61 Å². The van der Waals surface area contributed by atoms with Crippen LogP contribution in [0.4, 0.5) is 10.1 Å². The molecule has 1 aromatic carbocycles. The van der Waals surface area contributed by atoms with Gasteiger partial charge in [0.05, 0.1) is 11.0 Å². The summed E-state index contributed by atoms with van der Waals surface area (Å²) in [4.78, 5) is 21.6. The summed E-state index contributed by atoms with van der Waals surface area (Å²) in [6, 6.07) is 3.11. The van der Waals surface area contributed by atoms with Crippen molar-refractivity contribution in [2.24, 2.45) is 0 Å². The van der Waals surface area contributed by atoms with Crippen LogP contribution in [0.3, 0.4) is 0 Å². The normalized spacial score (nSPS) is 22.3. The summed E-state index contributed by atoms with van der Waals surface area (Å²) in [5, 5.41) is 13.3. The summed E-state index contributed by atoms with van der Waals surface area (Å²) in [7, 11) is 0. The Hall–Kier alpha value is -2.02. The molecule has 2 unspecified atom stereocenters. The van der Waals surface area contributed by atoms with E-state index in [0.29, 0.717) is 19.4 Å². The third-order valence-electron chi connectivity index (χ3n) is 3.23. The number of nitro groups is 1. The summed E-state index contributed by atoms with van der Waals surface area (Å²) in [5.41, 5.74) is -0.562. The SMILES string of the molecule is CC1CC(NC(=O)c2ccc([N+](=O)[O-])c(F)c2)CCO1. The van der Waals surface area contributed by atoms with Crippen LogP contribution in [0, 0.1) is 15.9 Å². The fourth-order valence-corrected chi connectivity index (χ4v) is 2.19. The van der Waals surface area contributed by atoms with E-state index in [-0.39, 0.29) is 17.7 Å². The second-order valence-corrected chi connectivity index (χ2v) is 4.80. The molecule has 0 spiro atoms. The number of carbonyl (C=O) groups is 1. The number of hydrogen-bond acceptors (Lipinski definition) is 4. The van der Waals surface area contributed by atoms with E-state index in [1.54, 1.807) is 0 Å². The number of halogens is 1. The molecule has 1 aliphatic heterocycles. The van der Waals surface area contributed by atoms with Crippen molar-refractivity contribution in [2.45, 2.75) is 31.9 Å². The van der Waals surface area contributed by atoms with Crippen LogP contribution >= 0.6 is 0 Å². The summed E-state index contributed by atoms with van der Waals surface area (Å²) in [5.74, 6) is -1.44. The molecule has 1 amide bonds. The molecule has 7 heteroatoms. The number of carbonyl (C=O) groups excluding carboxylic acids is 1. The fourth-order valence-electron chi connectivity index (χ4n) is 2.19. The van der Waals surface area contributed by atoms with Gasteiger partial charge in [0.25, 0.3) is 5.91 Å². The number of amides is 1. The average Bonchev–Trinajstić information content (AvgIpc) is 2.38. The lowest BCUT2D eigenvalue weighted by Crippen LogP contribution is -2.41.